The summed E-state index contributed by atoms with van der Waals surface area (Å²) in [7, 11) is 0. The van der Waals surface area contributed by atoms with Gasteiger partial charge < -0.3 is 0 Å². The van der Waals surface area contributed by atoms with E-state index in [-0.39, 0.29) is 16.3 Å². The first-order chi connectivity index (χ1) is 11.0. The van der Waals surface area contributed by atoms with Crippen molar-refractivity contribution in [2.75, 3.05) is 5.43 Å². The molecule has 0 amide bonds. The van der Waals surface area contributed by atoms with E-state index >= 15 is 0 Å². The molecule has 3 rings (SSSR count). The average molecular weight is 329 g/mol. The summed E-state index contributed by atoms with van der Waals surface area (Å²) >= 11 is 6.07. The number of nitrogens with one attached hydrogen (secondary N) is 1. The Morgan fingerprint density at radius 3 is 2.70 bits per heavy atom. The molecule has 0 spiro atoms. The van der Waals surface area contributed by atoms with Crippen molar-refractivity contribution < 1.29 is 0 Å². The molecule has 0 aliphatic heterocycles. The molecule has 7 nitrogen and oxygen atoms in total. The molecule has 3 heterocycles. The van der Waals surface area contributed by atoms with E-state index < -0.39 is 0 Å². The molecule has 3 aromatic rings. The summed E-state index contributed by atoms with van der Waals surface area (Å²) in [6.07, 6.45) is 2.94. The van der Waals surface area contributed by atoms with Gasteiger partial charge in [0.25, 0.3) is 5.56 Å². The maximum absolute atomic E-state index is 12.4. The van der Waals surface area contributed by atoms with Crippen LogP contribution in [0.25, 0.3) is 5.65 Å². The summed E-state index contributed by atoms with van der Waals surface area (Å²) in [6.45, 7) is 3.72. The molecule has 8 heteroatoms. The van der Waals surface area contributed by atoms with Gasteiger partial charge >= 0.3 is 0 Å². The molecule has 0 radical (unpaired) electrons. The standard InChI is InChI=1S/C15H13ClN6O/c1-9-7-10(2)19-15(18-9)21-17-8-11-13(16)20-12-5-3-4-6-22(12)14(11)23/h3-8H,1-2H3,(H,18,19,21)/b17-8-. The number of fused-ring (bicyclic) bond motifs is 1. The van der Waals surface area contributed by atoms with Gasteiger partial charge in [-0.1, -0.05) is 17.7 Å². The van der Waals surface area contributed by atoms with Gasteiger partial charge in [0.05, 0.1) is 11.8 Å². The first kappa shape index (κ1) is 15.1. The predicted octanol–water partition coefficient (Wildman–Crippen LogP) is 2.20. The number of pyridine rings is 1. The number of hydrogen-bond acceptors (Lipinski definition) is 6. The van der Waals surface area contributed by atoms with Crippen LogP contribution in [0.15, 0.2) is 40.4 Å². The fraction of sp³-hybridized carbons (Fsp3) is 0.133. The summed E-state index contributed by atoms with van der Waals surface area (Å²) in [5, 5.41) is 4.08. The van der Waals surface area contributed by atoms with Crippen LogP contribution in [0.5, 0.6) is 0 Å². The summed E-state index contributed by atoms with van der Waals surface area (Å²) in [5.41, 5.74) is 4.70. The van der Waals surface area contributed by atoms with E-state index in [0.717, 1.165) is 11.4 Å². The van der Waals surface area contributed by atoms with Crippen LogP contribution in [0.2, 0.25) is 5.15 Å². The number of nitrogens with zero attached hydrogens (tertiary/aromatic N) is 5. The quantitative estimate of drug-likeness (QED) is 0.452. The van der Waals surface area contributed by atoms with Gasteiger partial charge in [0.2, 0.25) is 5.95 Å². The van der Waals surface area contributed by atoms with Crippen LogP contribution in [0.4, 0.5) is 5.95 Å². The Bertz CT molecular complexity index is 946. The van der Waals surface area contributed by atoms with Gasteiger partial charge in [0, 0.05) is 17.6 Å². The number of hydrogen-bond donors (Lipinski definition) is 1. The van der Waals surface area contributed by atoms with E-state index in [9.17, 15) is 4.79 Å². The molecule has 0 aliphatic rings. The minimum Gasteiger partial charge on any atom is -0.268 e. The maximum Gasteiger partial charge on any atom is 0.268 e. The van der Waals surface area contributed by atoms with E-state index in [1.54, 1.807) is 24.4 Å². The van der Waals surface area contributed by atoms with E-state index in [2.05, 4.69) is 25.5 Å². The SMILES string of the molecule is Cc1cc(C)nc(N/N=C\c2c(Cl)nc3ccccn3c2=O)n1. The zero-order valence-electron chi connectivity index (χ0n) is 12.5. The van der Waals surface area contributed by atoms with Crippen molar-refractivity contribution in [2.24, 2.45) is 5.10 Å². The van der Waals surface area contributed by atoms with Gasteiger partial charge in [0.1, 0.15) is 10.8 Å². The molecule has 1 N–H and O–H groups in total. The largest absolute Gasteiger partial charge is 0.268 e. The Labute approximate surface area is 136 Å². The van der Waals surface area contributed by atoms with Gasteiger partial charge in [-0.15, -0.1) is 0 Å². The highest BCUT2D eigenvalue weighted by Gasteiger charge is 2.08. The van der Waals surface area contributed by atoms with Crippen LogP contribution < -0.4 is 11.0 Å². The molecule has 0 unspecified atom stereocenters. The van der Waals surface area contributed by atoms with Crippen molar-refractivity contribution in [1.29, 1.82) is 0 Å². The second-order valence-electron chi connectivity index (χ2n) is 4.89. The van der Waals surface area contributed by atoms with Gasteiger partial charge in [-0.05, 0) is 32.0 Å². The molecule has 116 valence electrons. The molecule has 23 heavy (non-hydrogen) atoms. The predicted molar refractivity (Wildman–Crippen MR) is 89.2 cm³/mol. The van der Waals surface area contributed by atoms with Crippen LogP contribution >= 0.6 is 11.6 Å². The number of aryl methyl sites for hydroxylation is 2. The normalized spacial score (nSPS) is 11.3. The lowest BCUT2D eigenvalue weighted by molar-refractivity contribution is 1.03. The monoisotopic (exact) mass is 328 g/mol. The Morgan fingerprint density at radius 2 is 1.96 bits per heavy atom. The van der Waals surface area contributed by atoms with Crippen LogP contribution in [-0.4, -0.2) is 25.6 Å². The Hall–Kier alpha value is -2.80. The van der Waals surface area contributed by atoms with Gasteiger partial charge in [-0.25, -0.2) is 20.4 Å². The fourth-order valence-electron chi connectivity index (χ4n) is 2.11. The van der Waals surface area contributed by atoms with E-state index in [4.69, 9.17) is 11.6 Å². The van der Waals surface area contributed by atoms with Crippen molar-refractivity contribution in [3.63, 3.8) is 0 Å². The van der Waals surface area contributed by atoms with Crippen molar-refractivity contribution in [2.45, 2.75) is 13.8 Å². The Kier molecular flexibility index (Phi) is 4.03. The third-order valence-electron chi connectivity index (χ3n) is 3.06. The third-order valence-corrected chi connectivity index (χ3v) is 3.35. The lowest BCUT2D eigenvalue weighted by Crippen LogP contribution is -2.20. The average Bonchev–Trinajstić information content (AvgIpc) is 2.49. The number of halogens is 1. The molecular weight excluding hydrogens is 316 g/mol. The van der Waals surface area contributed by atoms with Gasteiger partial charge in [-0.2, -0.15) is 5.10 Å². The van der Waals surface area contributed by atoms with Crippen LogP contribution in [-0.2, 0) is 0 Å². The second-order valence-corrected chi connectivity index (χ2v) is 5.25. The van der Waals surface area contributed by atoms with E-state index in [1.165, 1.54) is 10.6 Å². The summed E-state index contributed by atoms with van der Waals surface area (Å²) in [6, 6.07) is 7.08. The van der Waals surface area contributed by atoms with Gasteiger partial charge in [-0.3, -0.25) is 9.20 Å². The van der Waals surface area contributed by atoms with Crippen molar-refractivity contribution in [3.8, 4) is 0 Å². The highest BCUT2D eigenvalue weighted by atomic mass is 35.5. The van der Waals surface area contributed by atoms with Crippen LogP contribution in [0.1, 0.15) is 17.0 Å². The highest BCUT2D eigenvalue weighted by molar-refractivity contribution is 6.32. The zero-order chi connectivity index (χ0) is 16.4. The zero-order valence-corrected chi connectivity index (χ0v) is 13.2. The number of anilines is 1. The third kappa shape index (κ3) is 3.19. The minimum absolute atomic E-state index is 0.0908. The maximum atomic E-state index is 12.4. The molecular formula is C15H13ClN6O. The number of rotatable bonds is 3. The van der Waals surface area contributed by atoms with Crippen molar-refractivity contribution >= 4 is 29.4 Å². The smallest absolute Gasteiger partial charge is 0.268 e. The fourth-order valence-corrected chi connectivity index (χ4v) is 2.33. The lowest BCUT2D eigenvalue weighted by Gasteiger charge is -2.03. The summed E-state index contributed by atoms with van der Waals surface area (Å²) in [5.74, 6) is 0.351. The first-order valence-electron chi connectivity index (χ1n) is 6.83. The first-order valence-corrected chi connectivity index (χ1v) is 7.20. The topological polar surface area (TPSA) is 84.5 Å². The van der Waals surface area contributed by atoms with Gasteiger partial charge in [0.15, 0.2) is 0 Å². The Balaban J connectivity index is 1.93. The molecule has 0 aliphatic carbocycles. The van der Waals surface area contributed by atoms with Crippen molar-refractivity contribution in [3.05, 3.63) is 62.9 Å². The second kappa shape index (κ2) is 6.13. The summed E-state index contributed by atoms with van der Waals surface area (Å²) in [4.78, 5) is 24.9. The van der Waals surface area contributed by atoms with Crippen LogP contribution in [0.3, 0.4) is 0 Å². The van der Waals surface area contributed by atoms with E-state index in [1.807, 2.05) is 19.9 Å². The van der Waals surface area contributed by atoms with Crippen LogP contribution in [0, 0.1) is 13.8 Å². The van der Waals surface area contributed by atoms with E-state index in [0.29, 0.717) is 11.6 Å². The molecule has 0 saturated carbocycles. The molecule has 3 aromatic heterocycles. The lowest BCUT2D eigenvalue weighted by atomic mass is 10.3. The molecule has 0 fully saturated rings. The Morgan fingerprint density at radius 1 is 1.22 bits per heavy atom. The molecule has 0 aromatic carbocycles. The molecule has 0 saturated heterocycles. The van der Waals surface area contributed by atoms with Crippen molar-refractivity contribution in [1.82, 2.24) is 19.4 Å². The highest BCUT2D eigenvalue weighted by Crippen LogP contribution is 2.09. The number of aromatic nitrogens is 4. The molecule has 0 bridgehead atoms. The number of hydrazone groups is 1. The molecule has 0 atom stereocenters. The minimum atomic E-state index is -0.299. The summed E-state index contributed by atoms with van der Waals surface area (Å²) < 4.78 is 1.40.